The van der Waals surface area contributed by atoms with E-state index in [0.717, 1.165) is 16.4 Å². The van der Waals surface area contributed by atoms with Crippen LogP contribution in [0.2, 0.25) is 0 Å². The van der Waals surface area contributed by atoms with Gasteiger partial charge >= 0.3 is 0 Å². The quantitative estimate of drug-likeness (QED) is 0.197. The third-order valence-corrected chi connectivity index (χ3v) is 4.53. The van der Waals surface area contributed by atoms with Gasteiger partial charge in [-0.05, 0) is 36.5 Å². The van der Waals surface area contributed by atoms with Crippen molar-refractivity contribution in [2.75, 3.05) is 11.5 Å². The summed E-state index contributed by atoms with van der Waals surface area (Å²) >= 11 is 5.98. The number of thioether (sulfide) groups is 1. The molecule has 1 aromatic rings. The molecule has 5 heteroatoms. The molecule has 112 valence electrons. The van der Waals surface area contributed by atoms with Crippen LogP contribution in [0.3, 0.4) is 0 Å². The Morgan fingerprint density at radius 1 is 0.950 bits per heavy atom. The number of nitro benzene ring substituents is 1. The van der Waals surface area contributed by atoms with E-state index in [1.807, 2.05) is 12.1 Å². The van der Waals surface area contributed by atoms with Crippen molar-refractivity contribution in [3.8, 4) is 0 Å². The Morgan fingerprint density at radius 2 is 1.50 bits per heavy atom. The zero-order valence-electron chi connectivity index (χ0n) is 11.8. The van der Waals surface area contributed by atoms with E-state index < -0.39 is 0 Å². The summed E-state index contributed by atoms with van der Waals surface area (Å²) in [4.78, 5) is 11.3. The lowest BCUT2D eigenvalue weighted by Gasteiger charge is -2.02. The summed E-state index contributed by atoms with van der Waals surface area (Å²) in [7, 11) is 0. The first-order valence-electron chi connectivity index (χ1n) is 7.22. The summed E-state index contributed by atoms with van der Waals surface area (Å²) in [6, 6.07) is 6.81. The first kappa shape index (κ1) is 17.4. The first-order valence-corrected chi connectivity index (χ1v) is 8.84. The molecule has 0 spiro atoms. The third kappa shape index (κ3) is 7.80. The maximum atomic E-state index is 10.5. The van der Waals surface area contributed by atoms with Crippen LogP contribution in [0.15, 0.2) is 29.2 Å². The molecule has 0 heterocycles. The number of hydrogen-bond acceptors (Lipinski definition) is 4. The topological polar surface area (TPSA) is 43.1 Å². The van der Waals surface area contributed by atoms with Crippen LogP contribution in [-0.2, 0) is 0 Å². The predicted molar refractivity (Wildman–Crippen MR) is 90.0 cm³/mol. The lowest BCUT2D eigenvalue weighted by atomic mass is 10.1. The third-order valence-electron chi connectivity index (χ3n) is 3.12. The van der Waals surface area contributed by atoms with Gasteiger partial charge in [-0.3, -0.25) is 10.1 Å². The van der Waals surface area contributed by atoms with Gasteiger partial charge in [0.2, 0.25) is 0 Å². The van der Waals surface area contributed by atoms with Crippen LogP contribution < -0.4 is 0 Å². The van der Waals surface area contributed by atoms with E-state index in [9.17, 15) is 10.1 Å². The number of nitrogens with zero attached hydrogens (tertiary/aromatic N) is 1. The van der Waals surface area contributed by atoms with Gasteiger partial charge in [0, 0.05) is 17.0 Å². The lowest BCUT2D eigenvalue weighted by Crippen LogP contribution is -1.87. The highest BCUT2D eigenvalue weighted by Gasteiger charge is 2.03. The number of unbranched alkanes of at least 4 members (excludes halogenated alkanes) is 6. The van der Waals surface area contributed by atoms with Crippen LogP contribution in [0.4, 0.5) is 5.69 Å². The predicted octanol–water partition coefficient (Wildman–Crippen LogP) is 5.35. The molecule has 1 rings (SSSR count). The Balaban J connectivity index is 2.02. The zero-order chi connectivity index (χ0) is 14.6. The normalized spacial score (nSPS) is 10.7. The fraction of sp³-hybridized carbons (Fsp3) is 0.600. The maximum Gasteiger partial charge on any atom is 0.269 e. The van der Waals surface area contributed by atoms with Crippen molar-refractivity contribution in [3.05, 3.63) is 34.4 Å². The standard InChI is InChI=1S/C15H23NO2S2/c17-16(18)14-8-10-15(11-9-14)20-13-7-5-3-1-2-4-6-12-19/h8-11,19H,1-7,12-13H2. The van der Waals surface area contributed by atoms with Gasteiger partial charge in [0.05, 0.1) is 4.92 Å². The Kier molecular flexibility index (Phi) is 9.58. The lowest BCUT2D eigenvalue weighted by molar-refractivity contribution is -0.384. The van der Waals surface area contributed by atoms with E-state index in [2.05, 4.69) is 12.6 Å². The number of hydrogen-bond donors (Lipinski definition) is 1. The highest BCUT2D eigenvalue weighted by atomic mass is 32.2. The van der Waals surface area contributed by atoms with Gasteiger partial charge in [-0.2, -0.15) is 12.6 Å². The van der Waals surface area contributed by atoms with Crippen LogP contribution in [0.25, 0.3) is 0 Å². The molecule has 0 unspecified atom stereocenters. The summed E-state index contributed by atoms with van der Waals surface area (Å²) < 4.78 is 0. The SMILES string of the molecule is O=[N+]([O-])c1ccc(SCCCCCCCCCS)cc1. The molecule has 0 N–H and O–H groups in total. The molecule has 20 heavy (non-hydrogen) atoms. The Hall–Kier alpha value is -0.680. The van der Waals surface area contributed by atoms with Crippen molar-refractivity contribution in [3.63, 3.8) is 0 Å². The van der Waals surface area contributed by atoms with Gasteiger partial charge in [0.1, 0.15) is 0 Å². The molecule has 0 aliphatic heterocycles. The zero-order valence-corrected chi connectivity index (χ0v) is 13.5. The van der Waals surface area contributed by atoms with E-state index in [0.29, 0.717) is 0 Å². The average molecular weight is 313 g/mol. The molecule has 3 nitrogen and oxygen atoms in total. The minimum absolute atomic E-state index is 0.163. The first-order chi connectivity index (χ1) is 9.74. The fourth-order valence-corrected chi connectivity index (χ4v) is 3.09. The van der Waals surface area contributed by atoms with Crippen LogP contribution >= 0.6 is 24.4 Å². The Bertz CT molecular complexity index is 382. The van der Waals surface area contributed by atoms with E-state index in [-0.39, 0.29) is 10.6 Å². The summed E-state index contributed by atoms with van der Waals surface area (Å²) in [5, 5.41) is 10.5. The number of nitro groups is 1. The maximum absolute atomic E-state index is 10.5. The number of benzene rings is 1. The van der Waals surface area contributed by atoms with E-state index in [1.165, 1.54) is 44.9 Å². The van der Waals surface area contributed by atoms with Gasteiger partial charge in [0.25, 0.3) is 5.69 Å². The van der Waals surface area contributed by atoms with Crippen LogP contribution in [0, 0.1) is 10.1 Å². The van der Waals surface area contributed by atoms with Crippen molar-refractivity contribution in [1.29, 1.82) is 0 Å². The van der Waals surface area contributed by atoms with Gasteiger partial charge in [-0.15, -0.1) is 11.8 Å². The second kappa shape index (κ2) is 11.0. The molecule has 0 saturated heterocycles. The van der Waals surface area contributed by atoms with Crippen molar-refractivity contribution in [1.82, 2.24) is 0 Å². The summed E-state index contributed by atoms with van der Waals surface area (Å²) in [6.07, 6.45) is 9.01. The minimum Gasteiger partial charge on any atom is -0.258 e. The van der Waals surface area contributed by atoms with E-state index in [1.54, 1.807) is 23.9 Å². The van der Waals surface area contributed by atoms with Crippen LogP contribution in [0.1, 0.15) is 44.9 Å². The van der Waals surface area contributed by atoms with Gasteiger partial charge in [-0.1, -0.05) is 32.1 Å². The highest BCUT2D eigenvalue weighted by molar-refractivity contribution is 7.99. The van der Waals surface area contributed by atoms with Gasteiger partial charge < -0.3 is 0 Å². The molecule has 0 fully saturated rings. The molecular weight excluding hydrogens is 290 g/mol. The Morgan fingerprint density at radius 3 is 2.05 bits per heavy atom. The van der Waals surface area contributed by atoms with Crippen molar-refractivity contribution in [2.45, 2.75) is 49.8 Å². The molecule has 0 saturated carbocycles. The number of rotatable bonds is 11. The number of non-ortho nitro benzene ring substituents is 1. The van der Waals surface area contributed by atoms with E-state index >= 15 is 0 Å². The molecule has 1 aromatic carbocycles. The van der Waals surface area contributed by atoms with Gasteiger partial charge in [0.15, 0.2) is 0 Å². The molecule has 0 aliphatic carbocycles. The summed E-state index contributed by atoms with van der Waals surface area (Å²) in [5.41, 5.74) is 0.163. The average Bonchev–Trinajstić information content (AvgIpc) is 2.46. The highest BCUT2D eigenvalue weighted by Crippen LogP contribution is 2.22. The fourth-order valence-electron chi connectivity index (χ4n) is 1.95. The Labute approximate surface area is 131 Å². The van der Waals surface area contributed by atoms with E-state index in [4.69, 9.17) is 0 Å². The monoisotopic (exact) mass is 313 g/mol. The molecule has 0 bridgehead atoms. The van der Waals surface area contributed by atoms with Crippen molar-refractivity contribution < 1.29 is 4.92 Å². The summed E-state index contributed by atoms with van der Waals surface area (Å²) in [5.74, 6) is 2.10. The van der Waals surface area contributed by atoms with Crippen LogP contribution in [-0.4, -0.2) is 16.4 Å². The second-order valence-corrected chi connectivity index (χ2v) is 6.41. The minimum atomic E-state index is -0.359. The second-order valence-electron chi connectivity index (χ2n) is 4.80. The smallest absolute Gasteiger partial charge is 0.258 e. The van der Waals surface area contributed by atoms with Gasteiger partial charge in [-0.25, -0.2) is 0 Å². The largest absolute Gasteiger partial charge is 0.269 e. The molecular formula is C15H23NO2S2. The summed E-state index contributed by atoms with van der Waals surface area (Å²) in [6.45, 7) is 0. The van der Waals surface area contributed by atoms with Crippen LogP contribution in [0.5, 0.6) is 0 Å². The molecule has 0 radical (unpaired) electrons. The molecule has 0 amide bonds. The molecule has 0 aromatic heterocycles. The number of thiol groups is 1. The van der Waals surface area contributed by atoms with Crippen molar-refractivity contribution >= 4 is 30.1 Å². The molecule has 0 aliphatic rings. The molecule has 0 atom stereocenters. The van der Waals surface area contributed by atoms with Crippen molar-refractivity contribution in [2.24, 2.45) is 0 Å².